The fraction of sp³-hybridized carbons (Fsp3) is 0.471. The average Bonchev–Trinajstić information content (AvgIpc) is 2.96. The summed E-state index contributed by atoms with van der Waals surface area (Å²) in [4.78, 5) is 35.3. The van der Waals surface area contributed by atoms with E-state index >= 15 is 0 Å². The number of rotatable bonds is 10. The number of carbonyl (C=O) groups excluding carboxylic acids is 2. The van der Waals surface area contributed by atoms with Crippen molar-refractivity contribution >= 4 is 17.7 Å². The Balaban J connectivity index is 2.68. The number of halogens is 4. The lowest BCUT2D eigenvalue weighted by Crippen LogP contribution is -2.48. The van der Waals surface area contributed by atoms with Crippen LogP contribution in [0.1, 0.15) is 6.42 Å². The van der Waals surface area contributed by atoms with Gasteiger partial charge in [0.2, 0.25) is 5.91 Å². The van der Waals surface area contributed by atoms with Crippen molar-refractivity contribution in [1.82, 2.24) is 10.6 Å². The fourth-order valence-electron chi connectivity index (χ4n) is 2.16. The molecule has 162 valence electrons. The van der Waals surface area contributed by atoms with Crippen LogP contribution in [0.4, 0.5) is 17.6 Å². The van der Waals surface area contributed by atoms with Crippen LogP contribution in [-0.4, -0.2) is 61.7 Å². The largest absolute Gasteiger partial charge is 0.490 e. The van der Waals surface area contributed by atoms with Gasteiger partial charge >= 0.3 is 5.97 Å². The normalized spacial score (nSPS) is 19.9. The van der Waals surface area contributed by atoms with Gasteiger partial charge in [0.15, 0.2) is 23.3 Å². The van der Waals surface area contributed by atoms with Gasteiger partial charge in [-0.15, -0.1) is 0 Å². The maximum absolute atomic E-state index is 13.3. The van der Waals surface area contributed by atoms with Crippen LogP contribution < -0.4 is 10.6 Å². The average molecular weight is 424 g/mol. The Bertz CT molecular complexity index is 687. The Morgan fingerprint density at radius 3 is 2.66 bits per heavy atom. The molecule has 1 aliphatic heterocycles. The number of hydrogen-bond donors (Lipinski definition) is 3. The lowest BCUT2D eigenvalue weighted by molar-refractivity contribution is -0.141. The summed E-state index contributed by atoms with van der Waals surface area (Å²) in [6.45, 7) is 0.359. The van der Waals surface area contributed by atoms with E-state index in [-0.39, 0.29) is 25.5 Å². The van der Waals surface area contributed by atoms with Gasteiger partial charge in [-0.1, -0.05) is 0 Å². The van der Waals surface area contributed by atoms with Gasteiger partial charge in [0.05, 0.1) is 25.6 Å². The number of ether oxygens (including phenoxy) is 2. The van der Waals surface area contributed by atoms with Crippen LogP contribution in [0.15, 0.2) is 36.1 Å². The molecule has 2 atom stereocenters. The number of amides is 1. The topological polar surface area (TPSA) is 114 Å². The molecule has 1 amide bonds. The molecule has 0 aliphatic carbocycles. The van der Waals surface area contributed by atoms with E-state index in [2.05, 4.69) is 15.4 Å². The predicted octanol–water partition coefficient (Wildman–Crippen LogP) is 1.21. The van der Waals surface area contributed by atoms with Crippen LogP contribution in [-0.2, 0) is 23.9 Å². The van der Waals surface area contributed by atoms with Crippen molar-refractivity contribution in [3.8, 4) is 0 Å². The zero-order chi connectivity index (χ0) is 21.8. The molecule has 0 saturated carbocycles. The summed E-state index contributed by atoms with van der Waals surface area (Å²) in [5, 5.41) is 14.1. The molecule has 3 N–H and O–H groups in total. The van der Waals surface area contributed by atoms with E-state index in [1.165, 1.54) is 0 Å². The summed E-state index contributed by atoms with van der Waals surface area (Å²) in [5.74, 6) is -8.78. The third-order valence-corrected chi connectivity index (χ3v) is 3.60. The van der Waals surface area contributed by atoms with Crippen molar-refractivity contribution in [1.29, 1.82) is 0 Å². The summed E-state index contributed by atoms with van der Waals surface area (Å²) in [6, 6.07) is -1.48. The second-order valence-electron chi connectivity index (χ2n) is 5.86. The Morgan fingerprint density at radius 1 is 1.28 bits per heavy atom. The third-order valence-electron chi connectivity index (χ3n) is 3.60. The van der Waals surface area contributed by atoms with E-state index in [1.54, 1.807) is 0 Å². The molecule has 29 heavy (non-hydrogen) atoms. The van der Waals surface area contributed by atoms with Crippen LogP contribution >= 0.6 is 0 Å². The van der Waals surface area contributed by atoms with E-state index in [1.807, 2.05) is 0 Å². The number of Topliss-reactive ketones (excluding diaryl/α,β-unsaturated/α-hetero) is 1. The number of carboxylic acid groups (broad SMARTS) is 1. The van der Waals surface area contributed by atoms with Gasteiger partial charge in [-0.3, -0.25) is 14.4 Å². The van der Waals surface area contributed by atoms with Crippen LogP contribution in [0.5, 0.6) is 0 Å². The number of nitrogens with one attached hydrogen (secondary N) is 2. The van der Waals surface area contributed by atoms with Crippen molar-refractivity contribution in [2.45, 2.75) is 12.5 Å². The standard InChI is InChI=1S/C17H20F4N2O6/c18-5-11(19)3-12(20)13(21)8-29-9-15(24)14(4-16(25)26)23-17(27)10-6-22-1-2-28-7-10/h3,5,8,10,14,22H,1-2,4,6-7,9H2,(H,23,27)(H,25,26)/b11-5-,12-3+,13-8-/t10-,14?/m0/s1. The maximum Gasteiger partial charge on any atom is 0.305 e. The Labute approximate surface area is 163 Å². The van der Waals surface area contributed by atoms with Crippen LogP contribution in [0.25, 0.3) is 0 Å². The molecule has 1 aliphatic rings. The van der Waals surface area contributed by atoms with Crippen LogP contribution in [0, 0.1) is 5.92 Å². The van der Waals surface area contributed by atoms with Crippen molar-refractivity contribution < 1.29 is 46.5 Å². The minimum atomic E-state index is -1.79. The Hall–Kier alpha value is -2.73. The monoisotopic (exact) mass is 424 g/mol. The molecule has 0 bridgehead atoms. The van der Waals surface area contributed by atoms with E-state index in [9.17, 15) is 31.9 Å². The first-order valence-electron chi connectivity index (χ1n) is 8.38. The molecule has 1 unspecified atom stereocenters. The molecule has 0 aromatic carbocycles. The van der Waals surface area contributed by atoms with Gasteiger partial charge in [0, 0.05) is 19.2 Å². The molecule has 0 aromatic rings. The van der Waals surface area contributed by atoms with Crippen molar-refractivity contribution in [3.63, 3.8) is 0 Å². The molecule has 1 rings (SSSR count). The van der Waals surface area contributed by atoms with Gasteiger partial charge in [-0.25, -0.2) is 17.6 Å². The molecule has 1 saturated heterocycles. The number of hydrogen-bond acceptors (Lipinski definition) is 6. The zero-order valence-corrected chi connectivity index (χ0v) is 15.1. The molecule has 0 spiro atoms. The van der Waals surface area contributed by atoms with E-state index in [0.717, 1.165) is 0 Å². The van der Waals surface area contributed by atoms with Gasteiger partial charge < -0.3 is 25.2 Å². The van der Waals surface area contributed by atoms with Gasteiger partial charge in [0.1, 0.15) is 25.2 Å². The Kier molecular flexibility index (Phi) is 10.6. The van der Waals surface area contributed by atoms with Gasteiger partial charge in [0.25, 0.3) is 0 Å². The van der Waals surface area contributed by atoms with E-state index in [0.29, 0.717) is 13.2 Å². The highest BCUT2D eigenvalue weighted by atomic mass is 19.2. The molecular formula is C17H20F4N2O6. The van der Waals surface area contributed by atoms with Crippen molar-refractivity contribution in [3.05, 3.63) is 36.1 Å². The minimum absolute atomic E-state index is 0.0762. The van der Waals surface area contributed by atoms with E-state index < -0.39 is 66.5 Å². The summed E-state index contributed by atoms with van der Waals surface area (Å²) in [6.07, 6.45) is -1.31. The predicted molar refractivity (Wildman–Crippen MR) is 91.0 cm³/mol. The molecular weight excluding hydrogens is 404 g/mol. The van der Waals surface area contributed by atoms with Crippen molar-refractivity contribution in [2.75, 3.05) is 32.9 Å². The SMILES string of the molecule is O=C(O)CC(NC(=O)[C@H]1CNCCOC1)C(=O)CO/C=C(F)/C(F)=C\C(F)=C\F. The van der Waals surface area contributed by atoms with Crippen molar-refractivity contribution in [2.24, 2.45) is 5.92 Å². The molecule has 0 aromatic heterocycles. The molecule has 8 nitrogen and oxygen atoms in total. The lowest BCUT2D eigenvalue weighted by Gasteiger charge is -2.19. The first-order chi connectivity index (χ1) is 13.7. The maximum atomic E-state index is 13.3. The number of ketones is 1. The lowest BCUT2D eigenvalue weighted by atomic mass is 10.1. The molecule has 0 radical (unpaired) electrons. The smallest absolute Gasteiger partial charge is 0.305 e. The Morgan fingerprint density at radius 2 is 2.00 bits per heavy atom. The van der Waals surface area contributed by atoms with Gasteiger partial charge in [-0.2, -0.15) is 0 Å². The summed E-state index contributed by atoms with van der Waals surface area (Å²) < 4.78 is 60.5. The number of carbonyl (C=O) groups is 3. The quantitative estimate of drug-likeness (QED) is 0.274. The number of carboxylic acids is 1. The first-order valence-corrected chi connectivity index (χ1v) is 8.38. The third kappa shape index (κ3) is 9.34. The highest BCUT2D eigenvalue weighted by Crippen LogP contribution is 2.16. The van der Waals surface area contributed by atoms with E-state index in [4.69, 9.17) is 9.84 Å². The zero-order valence-electron chi connectivity index (χ0n) is 15.1. The van der Waals surface area contributed by atoms with Gasteiger partial charge in [-0.05, 0) is 0 Å². The minimum Gasteiger partial charge on any atom is -0.490 e. The molecule has 1 heterocycles. The highest BCUT2D eigenvalue weighted by Gasteiger charge is 2.28. The summed E-state index contributed by atoms with van der Waals surface area (Å²) >= 11 is 0. The molecule has 1 fully saturated rings. The first kappa shape index (κ1) is 24.3. The molecule has 12 heteroatoms. The fourth-order valence-corrected chi connectivity index (χ4v) is 2.16. The second kappa shape index (κ2) is 12.7. The summed E-state index contributed by atoms with van der Waals surface area (Å²) in [5.41, 5.74) is 0. The highest BCUT2D eigenvalue weighted by molar-refractivity contribution is 5.93. The number of allylic oxidation sites excluding steroid dienone is 4. The summed E-state index contributed by atoms with van der Waals surface area (Å²) in [7, 11) is 0. The number of aliphatic carboxylic acids is 1. The second-order valence-corrected chi connectivity index (χ2v) is 5.86. The van der Waals surface area contributed by atoms with Crippen LogP contribution in [0.2, 0.25) is 0 Å². The van der Waals surface area contributed by atoms with Crippen LogP contribution in [0.3, 0.4) is 0 Å².